The van der Waals surface area contributed by atoms with E-state index in [-0.39, 0.29) is 6.61 Å². The molecule has 0 unspecified atom stereocenters. The topological polar surface area (TPSA) is 65.1 Å². The summed E-state index contributed by atoms with van der Waals surface area (Å²) in [4.78, 5) is 26.2. The Balaban J connectivity index is 2.12. The van der Waals surface area contributed by atoms with E-state index in [1.807, 2.05) is 25.1 Å². The molecule has 2 aliphatic heterocycles. The third-order valence-corrected chi connectivity index (χ3v) is 4.26. The smallest absolute Gasteiger partial charge is 0.414 e. The first-order chi connectivity index (χ1) is 11.0. The van der Waals surface area contributed by atoms with Gasteiger partial charge in [-0.1, -0.05) is 12.1 Å². The quantitative estimate of drug-likeness (QED) is 0.785. The lowest BCUT2D eigenvalue weighted by Gasteiger charge is -2.23. The van der Waals surface area contributed by atoms with Crippen LogP contribution >= 0.6 is 0 Å². The maximum Gasteiger partial charge on any atom is 0.414 e. The van der Waals surface area contributed by atoms with E-state index in [0.717, 1.165) is 11.1 Å². The van der Waals surface area contributed by atoms with E-state index >= 15 is 0 Å². The number of anilines is 1. The molecule has 1 aromatic rings. The minimum Gasteiger partial charge on any atom is -0.487 e. The van der Waals surface area contributed by atoms with Gasteiger partial charge in [0.15, 0.2) is 6.10 Å². The molecule has 2 aliphatic rings. The molecule has 0 saturated heterocycles. The van der Waals surface area contributed by atoms with Crippen molar-refractivity contribution in [1.82, 2.24) is 0 Å². The van der Waals surface area contributed by atoms with Gasteiger partial charge in [-0.05, 0) is 32.4 Å². The molecule has 0 saturated carbocycles. The number of esters is 1. The van der Waals surface area contributed by atoms with Crippen LogP contribution in [0.3, 0.4) is 0 Å². The molecule has 0 aromatic heterocycles. The van der Waals surface area contributed by atoms with Gasteiger partial charge in [-0.3, -0.25) is 4.90 Å². The third-order valence-electron chi connectivity index (χ3n) is 4.26. The minimum absolute atomic E-state index is 0.261. The Kier molecular flexibility index (Phi) is 3.75. The SMILES string of the molecule is CCOC(=O)C1=C(C)O[C@H]2c3c(C)cccc3N(C(=O)OC)[C@@H]12. The minimum atomic E-state index is -0.558. The number of benzene rings is 1. The van der Waals surface area contributed by atoms with Crippen LogP contribution in [0.5, 0.6) is 0 Å². The van der Waals surface area contributed by atoms with E-state index in [0.29, 0.717) is 17.0 Å². The van der Waals surface area contributed by atoms with Crippen LogP contribution in [0.4, 0.5) is 10.5 Å². The van der Waals surface area contributed by atoms with Crippen LogP contribution in [-0.4, -0.2) is 31.8 Å². The Labute approximate surface area is 134 Å². The van der Waals surface area contributed by atoms with E-state index in [1.54, 1.807) is 13.8 Å². The van der Waals surface area contributed by atoms with Gasteiger partial charge in [0.25, 0.3) is 0 Å². The fourth-order valence-corrected chi connectivity index (χ4v) is 3.34. The Morgan fingerprint density at radius 2 is 2.04 bits per heavy atom. The third kappa shape index (κ3) is 2.17. The number of carbonyl (C=O) groups is 2. The molecule has 1 amide bonds. The van der Waals surface area contributed by atoms with Crippen molar-refractivity contribution in [1.29, 1.82) is 0 Å². The molecule has 122 valence electrons. The number of amides is 1. The van der Waals surface area contributed by atoms with Gasteiger partial charge in [0.1, 0.15) is 17.4 Å². The summed E-state index contributed by atoms with van der Waals surface area (Å²) >= 11 is 0. The Morgan fingerprint density at radius 1 is 1.30 bits per heavy atom. The highest BCUT2D eigenvalue weighted by Gasteiger charge is 2.53. The Hall–Kier alpha value is -2.50. The number of methoxy groups -OCH3 is 1. The zero-order chi connectivity index (χ0) is 16.7. The number of aryl methyl sites for hydroxylation is 1. The van der Waals surface area contributed by atoms with Crippen LogP contribution in [0.1, 0.15) is 31.1 Å². The summed E-state index contributed by atoms with van der Waals surface area (Å²) in [6.45, 7) is 5.68. The maximum absolute atomic E-state index is 12.4. The molecule has 0 radical (unpaired) electrons. The van der Waals surface area contributed by atoms with Crippen LogP contribution in [0.15, 0.2) is 29.5 Å². The van der Waals surface area contributed by atoms with Gasteiger partial charge in [0, 0.05) is 5.56 Å². The Bertz CT molecular complexity index is 709. The lowest BCUT2D eigenvalue weighted by atomic mass is 9.98. The number of carbonyl (C=O) groups excluding carboxylic acids is 2. The number of rotatable bonds is 2. The summed E-state index contributed by atoms with van der Waals surface area (Å²) in [6.07, 6.45) is -0.936. The average Bonchev–Trinajstić information content (AvgIpc) is 2.99. The number of allylic oxidation sites excluding steroid dienone is 1. The number of hydrogen-bond acceptors (Lipinski definition) is 5. The molecule has 0 aliphatic carbocycles. The highest BCUT2D eigenvalue weighted by molar-refractivity contribution is 5.99. The van der Waals surface area contributed by atoms with E-state index < -0.39 is 24.2 Å². The average molecular weight is 317 g/mol. The van der Waals surface area contributed by atoms with Gasteiger partial charge >= 0.3 is 12.1 Å². The lowest BCUT2D eigenvalue weighted by molar-refractivity contribution is -0.138. The molecule has 2 heterocycles. The first-order valence-corrected chi connectivity index (χ1v) is 7.52. The van der Waals surface area contributed by atoms with Crippen LogP contribution in [0.2, 0.25) is 0 Å². The van der Waals surface area contributed by atoms with Crippen molar-refractivity contribution in [3.05, 3.63) is 40.7 Å². The summed E-state index contributed by atoms with van der Waals surface area (Å²) in [6, 6.07) is 5.10. The molecule has 0 N–H and O–H groups in total. The molecule has 1 aromatic carbocycles. The molecule has 6 heteroatoms. The molecule has 3 rings (SSSR count). The van der Waals surface area contributed by atoms with Gasteiger partial charge < -0.3 is 14.2 Å². The summed E-state index contributed by atoms with van der Waals surface area (Å²) in [5.74, 6) is 0.0260. The Morgan fingerprint density at radius 3 is 2.70 bits per heavy atom. The van der Waals surface area contributed by atoms with Crippen molar-refractivity contribution in [3.63, 3.8) is 0 Å². The van der Waals surface area contributed by atoms with Crippen LogP contribution < -0.4 is 4.90 Å². The monoisotopic (exact) mass is 317 g/mol. The van der Waals surface area contributed by atoms with E-state index in [1.165, 1.54) is 12.0 Å². The molecular formula is C17H19NO5. The summed E-state index contributed by atoms with van der Waals surface area (Å²) in [5, 5.41) is 0. The van der Waals surface area contributed by atoms with Crippen LogP contribution in [0, 0.1) is 6.92 Å². The van der Waals surface area contributed by atoms with Crippen molar-refractivity contribution >= 4 is 17.7 Å². The summed E-state index contributed by atoms with van der Waals surface area (Å²) in [5.41, 5.74) is 2.99. The first kappa shape index (κ1) is 15.4. The van der Waals surface area contributed by atoms with Gasteiger partial charge in [-0.2, -0.15) is 0 Å². The summed E-state index contributed by atoms with van der Waals surface area (Å²) < 4.78 is 16.0. The van der Waals surface area contributed by atoms with Gasteiger partial charge in [0.2, 0.25) is 0 Å². The zero-order valence-electron chi connectivity index (χ0n) is 13.6. The number of fused-ring (bicyclic) bond motifs is 3. The number of ether oxygens (including phenoxy) is 3. The zero-order valence-corrected chi connectivity index (χ0v) is 13.6. The van der Waals surface area contributed by atoms with Crippen molar-refractivity contribution in [2.75, 3.05) is 18.6 Å². The van der Waals surface area contributed by atoms with Crippen LogP contribution in [0.25, 0.3) is 0 Å². The highest BCUT2D eigenvalue weighted by Crippen LogP contribution is 2.51. The second-order valence-corrected chi connectivity index (χ2v) is 5.52. The van der Waals surface area contributed by atoms with Crippen molar-refractivity contribution in [2.24, 2.45) is 0 Å². The van der Waals surface area contributed by atoms with Crippen molar-refractivity contribution in [3.8, 4) is 0 Å². The second kappa shape index (κ2) is 5.61. The number of hydrogen-bond donors (Lipinski definition) is 0. The molecule has 0 fully saturated rings. The van der Waals surface area contributed by atoms with Gasteiger partial charge in [0.05, 0.1) is 19.4 Å². The first-order valence-electron chi connectivity index (χ1n) is 7.52. The van der Waals surface area contributed by atoms with Crippen LogP contribution in [-0.2, 0) is 19.0 Å². The van der Waals surface area contributed by atoms with Crippen molar-refractivity contribution in [2.45, 2.75) is 32.9 Å². The second-order valence-electron chi connectivity index (χ2n) is 5.52. The maximum atomic E-state index is 12.4. The molecule has 0 spiro atoms. The van der Waals surface area contributed by atoms with Gasteiger partial charge in [-0.25, -0.2) is 9.59 Å². The fraction of sp³-hybridized carbons (Fsp3) is 0.412. The molecule has 0 bridgehead atoms. The number of nitrogens with zero attached hydrogens (tertiary/aromatic N) is 1. The highest BCUT2D eigenvalue weighted by atomic mass is 16.6. The van der Waals surface area contributed by atoms with Gasteiger partial charge in [-0.15, -0.1) is 0 Å². The normalized spacial score (nSPS) is 21.7. The van der Waals surface area contributed by atoms with E-state index in [9.17, 15) is 9.59 Å². The largest absolute Gasteiger partial charge is 0.487 e. The molecule has 6 nitrogen and oxygen atoms in total. The molecule has 2 atom stereocenters. The van der Waals surface area contributed by atoms with E-state index in [2.05, 4.69) is 0 Å². The summed E-state index contributed by atoms with van der Waals surface area (Å²) in [7, 11) is 1.32. The van der Waals surface area contributed by atoms with E-state index in [4.69, 9.17) is 14.2 Å². The molecular weight excluding hydrogens is 298 g/mol. The fourth-order valence-electron chi connectivity index (χ4n) is 3.34. The lowest BCUT2D eigenvalue weighted by Crippen LogP contribution is -2.41. The predicted octanol–water partition coefficient (Wildman–Crippen LogP) is 2.86. The predicted molar refractivity (Wildman–Crippen MR) is 83.0 cm³/mol. The molecule has 23 heavy (non-hydrogen) atoms. The standard InChI is InChI=1S/C17H19NO5/c1-5-22-16(19)13-10(3)23-15-12-9(2)7-6-8-11(12)18(14(13)15)17(20)21-4/h6-8,14-15H,5H2,1-4H3/t14-,15-/m0/s1. The van der Waals surface area contributed by atoms with Crippen molar-refractivity contribution < 1.29 is 23.8 Å².